The second-order valence-electron chi connectivity index (χ2n) is 3.93. The van der Waals surface area contributed by atoms with Gasteiger partial charge in [-0.05, 0) is 6.42 Å². The van der Waals surface area contributed by atoms with E-state index < -0.39 is 15.1 Å². The van der Waals surface area contributed by atoms with Crippen LogP contribution in [0.25, 0.3) is 0 Å². The zero-order chi connectivity index (χ0) is 14.9. The fourth-order valence-corrected chi connectivity index (χ4v) is 3.80. The van der Waals surface area contributed by atoms with Crippen molar-refractivity contribution in [1.82, 2.24) is 0 Å². The normalized spacial score (nSPS) is 15.1. The van der Waals surface area contributed by atoms with Crippen molar-refractivity contribution in [3.63, 3.8) is 0 Å². The van der Waals surface area contributed by atoms with Gasteiger partial charge < -0.3 is 22.8 Å². The van der Waals surface area contributed by atoms with Crippen LogP contribution in [0.1, 0.15) is 40.0 Å². The Labute approximate surface area is 116 Å². The van der Waals surface area contributed by atoms with Crippen LogP contribution in [-0.4, -0.2) is 48.1 Å². The predicted molar refractivity (Wildman–Crippen MR) is 72.4 cm³/mol. The molecule has 6 nitrogen and oxygen atoms in total. The van der Waals surface area contributed by atoms with Crippen LogP contribution in [0, 0.1) is 0 Å². The molecule has 0 heterocycles. The van der Waals surface area contributed by atoms with Gasteiger partial charge in [0.05, 0.1) is 0 Å². The van der Waals surface area contributed by atoms with Crippen molar-refractivity contribution in [3.05, 3.63) is 0 Å². The molecule has 0 bridgehead atoms. The SMILES string of the molecule is CCC(=O)OC(CC)OC(CC)[Si](OC)(OC)OC. The molecule has 0 saturated heterocycles. The lowest BCUT2D eigenvalue weighted by molar-refractivity contribution is -0.188. The third kappa shape index (κ3) is 5.19. The summed E-state index contributed by atoms with van der Waals surface area (Å²) in [5, 5.41) is 0. The van der Waals surface area contributed by atoms with Crippen LogP contribution in [0.3, 0.4) is 0 Å². The van der Waals surface area contributed by atoms with Gasteiger partial charge in [0.2, 0.25) is 6.29 Å². The summed E-state index contributed by atoms with van der Waals surface area (Å²) in [6.45, 7) is 5.57. The quantitative estimate of drug-likeness (QED) is 0.348. The highest BCUT2D eigenvalue weighted by Crippen LogP contribution is 2.21. The third-order valence-corrected chi connectivity index (χ3v) is 5.86. The average Bonchev–Trinajstić information content (AvgIpc) is 2.46. The summed E-state index contributed by atoms with van der Waals surface area (Å²) in [6.07, 6.45) is 0.911. The Morgan fingerprint density at radius 2 is 1.53 bits per heavy atom. The second kappa shape index (κ2) is 9.43. The molecule has 0 saturated carbocycles. The number of rotatable bonds is 10. The molecule has 0 N–H and O–H groups in total. The van der Waals surface area contributed by atoms with Gasteiger partial charge >= 0.3 is 14.8 Å². The first-order valence-electron chi connectivity index (χ1n) is 6.53. The van der Waals surface area contributed by atoms with E-state index in [1.807, 2.05) is 13.8 Å². The molecule has 0 aliphatic carbocycles. The lowest BCUT2D eigenvalue weighted by Crippen LogP contribution is -2.56. The minimum Gasteiger partial charge on any atom is -0.436 e. The minimum atomic E-state index is -2.90. The smallest absolute Gasteiger partial charge is 0.436 e. The number of carbonyl (C=O) groups is 1. The molecule has 0 fully saturated rings. The summed E-state index contributed by atoms with van der Waals surface area (Å²) < 4.78 is 27.2. The van der Waals surface area contributed by atoms with E-state index in [2.05, 4.69) is 0 Å². The van der Waals surface area contributed by atoms with Crippen LogP contribution in [0.15, 0.2) is 0 Å². The summed E-state index contributed by atoms with van der Waals surface area (Å²) in [6, 6.07) is 0. The van der Waals surface area contributed by atoms with E-state index in [9.17, 15) is 4.79 Å². The Bertz CT molecular complexity index is 248. The predicted octanol–water partition coefficient (Wildman–Crippen LogP) is 1.89. The maximum absolute atomic E-state index is 11.3. The Balaban J connectivity index is 4.79. The van der Waals surface area contributed by atoms with Crippen molar-refractivity contribution >= 4 is 14.8 Å². The van der Waals surface area contributed by atoms with Gasteiger partial charge in [-0.2, -0.15) is 0 Å². The summed E-state index contributed by atoms with van der Waals surface area (Å²) in [5.74, 6) is -0.291. The highest BCUT2D eigenvalue weighted by atomic mass is 28.4. The van der Waals surface area contributed by atoms with Crippen molar-refractivity contribution in [2.24, 2.45) is 0 Å². The first-order valence-corrected chi connectivity index (χ1v) is 8.33. The zero-order valence-corrected chi connectivity index (χ0v) is 13.7. The summed E-state index contributed by atoms with van der Waals surface area (Å²) in [5.41, 5.74) is -0.373. The summed E-state index contributed by atoms with van der Waals surface area (Å²) >= 11 is 0. The number of hydrogen-bond acceptors (Lipinski definition) is 6. The lowest BCUT2D eigenvalue weighted by Gasteiger charge is -2.33. The number of hydrogen-bond donors (Lipinski definition) is 0. The number of ether oxygens (including phenoxy) is 2. The van der Waals surface area contributed by atoms with E-state index >= 15 is 0 Å². The molecular formula is C12H26O6Si. The summed E-state index contributed by atoms with van der Waals surface area (Å²) in [4.78, 5) is 11.3. The molecule has 0 aromatic carbocycles. The minimum absolute atomic E-state index is 0.291. The molecule has 0 spiro atoms. The number of carbonyl (C=O) groups excluding carboxylic acids is 1. The monoisotopic (exact) mass is 294 g/mol. The fourth-order valence-electron chi connectivity index (χ4n) is 1.69. The van der Waals surface area contributed by atoms with Crippen molar-refractivity contribution in [1.29, 1.82) is 0 Å². The first kappa shape index (κ1) is 18.5. The summed E-state index contributed by atoms with van der Waals surface area (Å²) in [7, 11) is 1.70. The molecule has 0 aromatic heterocycles. The highest BCUT2D eigenvalue weighted by molar-refractivity contribution is 6.62. The van der Waals surface area contributed by atoms with Crippen LogP contribution in [-0.2, 0) is 27.5 Å². The maximum atomic E-state index is 11.3. The van der Waals surface area contributed by atoms with Gasteiger partial charge in [0, 0.05) is 34.2 Å². The molecule has 114 valence electrons. The van der Waals surface area contributed by atoms with Gasteiger partial charge in [0.1, 0.15) is 5.73 Å². The fraction of sp³-hybridized carbons (Fsp3) is 0.917. The van der Waals surface area contributed by atoms with Gasteiger partial charge in [0.15, 0.2) is 0 Å². The van der Waals surface area contributed by atoms with Crippen molar-refractivity contribution in [3.8, 4) is 0 Å². The molecule has 0 aliphatic heterocycles. The Morgan fingerprint density at radius 1 is 1.00 bits per heavy atom. The van der Waals surface area contributed by atoms with Crippen LogP contribution in [0.4, 0.5) is 0 Å². The van der Waals surface area contributed by atoms with Gasteiger partial charge in [-0.3, -0.25) is 4.79 Å². The van der Waals surface area contributed by atoms with Crippen LogP contribution < -0.4 is 0 Å². The van der Waals surface area contributed by atoms with Crippen LogP contribution in [0.2, 0.25) is 0 Å². The van der Waals surface area contributed by atoms with Crippen molar-refractivity contribution in [2.45, 2.75) is 52.1 Å². The van der Waals surface area contributed by atoms with E-state index in [1.54, 1.807) is 6.92 Å². The molecule has 0 radical (unpaired) electrons. The van der Waals surface area contributed by atoms with E-state index in [0.717, 1.165) is 0 Å². The topological polar surface area (TPSA) is 63.2 Å². The van der Waals surface area contributed by atoms with E-state index in [-0.39, 0.29) is 11.7 Å². The van der Waals surface area contributed by atoms with Crippen LogP contribution in [0.5, 0.6) is 0 Å². The largest absolute Gasteiger partial charge is 0.530 e. The van der Waals surface area contributed by atoms with Crippen molar-refractivity contribution in [2.75, 3.05) is 21.3 Å². The van der Waals surface area contributed by atoms with Gasteiger partial charge in [-0.25, -0.2) is 0 Å². The lowest BCUT2D eigenvalue weighted by atomic mass is 10.4. The standard InChI is InChI=1S/C12H26O6Si/c1-7-10(13)17-11(8-2)18-12(9-3)19(14-4,15-5)16-6/h11-12H,7-9H2,1-6H3. The van der Waals surface area contributed by atoms with Gasteiger partial charge in [0.25, 0.3) is 0 Å². The van der Waals surface area contributed by atoms with Gasteiger partial charge in [-0.15, -0.1) is 0 Å². The van der Waals surface area contributed by atoms with E-state index in [4.69, 9.17) is 22.8 Å². The molecular weight excluding hydrogens is 268 g/mol. The van der Waals surface area contributed by atoms with Crippen molar-refractivity contribution < 1.29 is 27.5 Å². The molecule has 0 rings (SSSR count). The van der Waals surface area contributed by atoms with E-state index in [1.165, 1.54) is 21.3 Å². The Kier molecular flexibility index (Phi) is 9.20. The molecule has 2 unspecified atom stereocenters. The second-order valence-corrected chi connectivity index (χ2v) is 7.01. The molecule has 0 aromatic rings. The van der Waals surface area contributed by atoms with E-state index in [0.29, 0.717) is 19.3 Å². The number of esters is 1. The average molecular weight is 294 g/mol. The molecule has 0 amide bonds. The maximum Gasteiger partial charge on any atom is 0.530 e. The molecule has 2 atom stereocenters. The Hall–Kier alpha value is -0.473. The molecule has 0 aliphatic rings. The Morgan fingerprint density at radius 3 is 1.84 bits per heavy atom. The molecule has 7 heteroatoms. The molecule has 19 heavy (non-hydrogen) atoms. The zero-order valence-electron chi connectivity index (χ0n) is 12.7. The van der Waals surface area contributed by atoms with Gasteiger partial charge in [-0.1, -0.05) is 20.8 Å². The first-order chi connectivity index (χ1) is 9.03. The highest BCUT2D eigenvalue weighted by Gasteiger charge is 2.48. The third-order valence-electron chi connectivity index (χ3n) is 2.82. The van der Waals surface area contributed by atoms with Crippen LogP contribution >= 0.6 is 0 Å².